The van der Waals surface area contributed by atoms with Gasteiger partial charge in [-0.1, -0.05) is 12.1 Å². The van der Waals surface area contributed by atoms with Crippen molar-refractivity contribution in [2.75, 3.05) is 19.0 Å². The van der Waals surface area contributed by atoms with Crippen LogP contribution in [0.15, 0.2) is 47.9 Å². The summed E-state index contributed by atoms with van der Waals surface area (Å²) in [5.74, 6) is -2.18. The van der Waals surface area contributed by atoms with Gasteiger partial charge in [0, 0.05) is 37.0 Å². The average Bonchev–Trinajstić information content (AvgIpc) is 2.53. The molecule has 0 fully saturated rings. The van der Waals surface area contributed by atoms with E-state index in [2.05, 4.69) is 0 Å². The van der Waals surface area contributed by atoms with Crippen molar-refractivity contribution < 1.29 is 13.5 Å². The number of fused-ring (bicyclic) bond motifs is 1. The fourth-order valence-electron chi connectivity index (χ4n) is 2.81. The normalized spacial score (nSPS) is 16.2. The second kappa shape index (κ2) is 5.85. The van der Waals surface area contributed by atoms with Crippen LogP contribution in [0.1, 0.15) is 17.0 Å². The zero-order chi connectivity index (χ0) is 17.4. The van der Waals surface area contributed by atoms with E-state index in [4.69, 9.17) is 10.5 Å². The number of anilines is 1. The first-order valence-electron chi connectivity index (χ1n) is 7.26. The third-order valence-corrected chi connectivity index (χ3v) is 4.01. The van der Waals surface area contributed by atoms with Crippen molar-refractivity contribution in [2.45, 2.75) is 5.92 Å². The molecule has 0 spiro atoms. The first-order valence-corrected chi connectivity index (χ1v) is 7.26. The third-order valence-electron chi connectivity index (χ3n) is 4.01. The fourth-order valence-corrected chi connectivity index (χ4v) is 2.81. The average molecular weight is 327 g/mol. The van der Waals surface area contributed by atoms with Crippen molar-refractivity contribution >= 4 is 5.69 Å². The maximum Gasteiger partial charge on any atom is 0.205 e. The number of hydrogen-bond donors (Lipinski definition) is 1. The summed E-state index contributed by atoms with van der Waals surface area (Å²) in [7, 11) is 3.72. The molecule has 1 atom stereocenters. The summed E-state index contributed by atoms with van der Waals surface area (Å²) in [5.41, 5.74) is 6.95. The van der Waals surface area contributed by atoms with Crippen LogP contribution >= 0.6 is 0 Å². The molecule has 122 valence electrons. The largest absolute Gasteiger partial charge is 0.440 e. The van der Waals surface area contributed by atoms with Gasteiger partial charge in [-0.2, -0.15) is 5.26 Å². The molecule has 0 aliphatic carbocycles. The molecule has 1 aliphatic heterocycles. The highest BCUT2D eigenvalue weighted by atomic mass is 19.1. The lowest BCUT2D eigenvalue weighted by Gasteiger charge is -2.28. The van der Waals surface area contributed by atoms with E-state index in [0.717, 1.165) is 17.8 Å². The number of nitriles is 1. The Morgan fingerprint density at radius 2 is 1.83 bits per heavy atom. The summed E-state index contributed by atoms with van der Waals surface area (Å²) in [4.78, 5) is 1.86. The van der Waals surface area contributed by atoms with Crippen LogP contribution in [-0.2, 0) is 0 Å². The van der Waals surface area contributed by atoms with E-state index < -0.39 is 17.6 Å². The lowest BCUT2D eigenvalue weighted by Crippen LogP contribution is -2.23. The Morgan fingerprint density at radius 3 is 2.42 bits per heavy atom. The maximum absolute atomic E-state index is 14.3. The molecule has 0 saturated heterocycles. The molecule has 24 heavy (non-hydrogen) atoms. The molecule has 0 radical (unpaired) electrons. The number of nitrogens with zero attached hydrogens (tertiary/aromatic N) is 2. The molecule has 0 amide bonds. The third kappa shape index (κ3) is 2.44. The smallest absolute Gasteiger partial charge is 0.205 e. The molecular weight excluding hydrogens is 312 g/mol. The van der Waals surface area contributed by atoms with Gasteiger partial charge in [-0.15, -0.1) is 0 Å². The molecule has 0 saturated carbocycles. The lowest BCUT2D eigenvalue weighted by molar-refractivity contribution is 0.391. The quantitative estimate of drug-likeness (QED) is 0.920. The first-order chi connectivity index (χ1) is 11.4. The van der Waals surface area contributed by atoms with E-state index in [1.54, 1.807) is 18.2 Å². The highest BCUT2D eigenvalue weighted by Crippen LogP contribution is 2.44. The Balaban J connectivity index is 2.27. The number of allylic oxidation sites excluding steroid dienone is 1. The molecule has 6 heteroatoms. The molecule has 4 nitrogen and oxygen atoms in total. The molecule has 0 bridgehead atoms. The van der Waals surface area contributed by atoms with Crippen LogP contribution in [0.5, 0.6) is 5.75 Å². The van der Waals surface area contributed by atoms with Crippen LogP contribution in [0, 0.1) is 23.0 Å². The van der Waals surface area contributed by atoms with Crippen LogP contribution in [0.25, 0.3) is 0 Å². The zero-order valence-corrected chi connectivity index (χ0v) is 13.2. The highest BCUT2D eigenvalue weighted by molar-refractivity contribution is 5.61. The summed E-state index contributed by atoms with van der Waals surface area (Å²) >= 11 is 0. The second-order valence-corrected chi connectivity index (χ2v) is 5.68. The number of halogens is 2. The van der Waals surface area contributed by atoms with E-state index in [9.17, 15) is 14.0 Å². The molecule has 1 aliphatic rings. The van der Waals surface area contributed by atoms with Crippen LogP contribution in [-0.4, -0.2) is 14.1 Å². The number of benzene rings is 2. The highest BCUT2D eigenvalue weighted by Gasteiger charge is 2.34. The Bertz CT molecular complexity index is 864. The van der Waals surface area contributed by atoms with Gasteiger partial charge in [-0.05, 0) is 18.2 Å². The molecule has 2 aromatic carbocycles. The van der Waals surface area contributed by atoms with Crippen molar-refractivity contribution in [3.05, 3.63) is 70.6 Å². The van der Waals surface area contributed by atoms with Crippen molar-refractivity contribution in [3.63, 3.8) is 0 Å². The molecule has 0 aromatic heterocycles. The van der Waals surface area contributed by atoms with Gasteiger partial charge in [0.25, 0.3) is 0 Å². The van der Waals surface area contributed by atoms with Gasteiger partial charge >= 0.3 is 0 Å². The molecule has 3 rings (SSSR count). The second-order valence-electron chi connectivity index (χ2n) is 5.68. The SMILES string of the molecule is CN(C)c1ccc2c(c1)OC(N)=C(C#N)C2c1c(F)cccc1F. The summed E-state index contributed by atoms with van der Waals surface area (Å²) in [5, 5.41) is 9.42. The van der Waals surface area contributed by atoms with Gasteiger partial charge in [-0.25, -0.2) is 8.78 Å². The zero-order valence-electron chi connectivity index (χ0n) is 13.2. The van der Waals surface area contributed by atoms with Crippen LogP contribution in [0.2, 0.25) is 0 Å². The van der Waals surface area contributed by atoms with Gasteiger partial charge in [0.05, 0.1) is 5.92 Å². The minimum atomic E-state index is -0.948. The fraction of sp³-hybridized carbons (Fsp3) is 0.167. The summed E-state index contributed by atoms with van der Waals surface area (Å²) in [6.45, 7) is 0. The van der Waals surface area contributed by atoms with Gasteiger partial charge in [0.1, 0.15) is 29.0 Å². The van der Waals surface area contributed by atoms with Gasteiger partial charge < -0.3 is 15.4 Å². The Hall–Kier alpha value is -3.07. The maximum atomic E-state index is 14.3. The minimum absolute atomic E-state index is 0.0101. The van der Waals surface area contributed by atoms with Crippen LogP contribution in [0.4, 0.5) is 14.5 Å². The van der Waals surface area contributed by atoms with Gasteiger partial charge in [0.2, 0.25) is 5.88 Å². The van der Waals surface area contributed by atoms with E-state index in [-0.39, 0.29) is 17.0 Å². The van der Waals surface area contributed by atoms with Gasteiger partial charge in [0.15, 0.2) is 0 Å². The van der Waals surface area contributed by atoms with Crippen LogP contribution in [0.3, 0.4) is 0 Å². The molecule has 1 heterocycles. The standard InChI is InChI=1S/C18H15F2N3O/c1-23(2)10-6-7-11-15(8-10)24-18(22)12(9-21)16(11)17-13(19)4-3-5-14(17)20/h3-8,16H,22H2,1-2H3. The predicted molar refractivity (Wildman–Crippen MR) is 86.4 cm³/mol. The number of ether oxygens (including phenoxy) is 1. The molecule has 2 aromatic rings. The Labute approximate surface area is 138 Å². The van der Waals surface area contributed by atoms with Crippen LogP contribution < -0.4 is 15.4 Å². The van der Waals surface area contributed by atoms with Crippen molar-refractivity contribution in [2.24, 2.45) is 5.73 Å². The van der Waals surface area contributed by atoms with Crippen molar-refractivity contribution in [1.29, 1.82) is 5.26 Å². The predicted octanol–water partition coefficient (Wildman–Crippen LogP) is 3.25. The summed E-state index contributed by atoms with van der Waals surface area (Å²) < 4.78 is 34.1. The summed E-state index contributed by atoms with van der Waals surface area (Å²) in [6.07, 6.45) is 0. The van der Waals surface area contributed by atoms with Crippen molar-refractivity contribution in [1.82, 2.24) is 0 Å². The van der Waals surface area contributed by atoms with E-state index >= 15 is 0 Å². The van der Waals surface area contributed by atoms with E-state index in [1.165, 1.54) is 6.07 Å². The molecule has 2 N–H and O–H groups in total. The summed E-state index contributed by atoms with van der Waals surface area (Å²) in [6, 6.07) is 10.7. The van der Waals surface area contributed by atoms with Gasteiger partial charge in [-0.3, -0.25) is 0 Å². The Morgan fingerprint density at radius 1 is 1.17 bits per heavy atom. The number of nitrogens with two attached hydrogens (primary N) is 1. The lowest BCUT2D eigenvalue weighted by atomic mass is 9.83. The minimum Gasteiger partial charge on any atom is -0.440 e. The number of rotatable bonds is 2. The Kier molecular flexibility index (Phi) is 3.86. The monoisotopic (exact) mass is 327 g/mol. The van der Waals surface area contributed by atoms with E-state index in [0.29, 0.717) is 11.3 Å². The number of hydrogen-bond acceptors (Lipinski definition) is 4. The first kappa shape index (κ1) is 15.8. The molecular formula is C18H15F2N3O. The van der Waals surface area contributed by atoms with Crippen molar-refractivity contribution in [3.8, 4) is 11.8 Å². The topological polar surface area (TPSA) is 62.3 Å². The molecule has 1 unspecified atom stereocenters. The van der Waals surface area contributed by atoms with E-state index in [1.807, 2.05) is 25.1 Å².